The molecule has 1 aliphatic rings. The standard InChI is InChI=1S/C15H23NO/c1-4-17-15(2,3)11-16-14-10-9-12-7-5-6-8-13(12)14/h5-8,14,16H,4,9-11H2,1-3H3. The average Bonchev–Trinajstić information content (AvgIpc) is 2.70. The molecule has 1 aromatic carbocycles. The quantitative estimate of drug-likeness (QED) is 0.844. The SMILES string of the molecule is CCOC(C)(C)CNC1CCc2ccccc21. The van der Waals surface area contributed by atoms with Gasteiger partial charge in [0.2, 0.25) is 0 Å². The molecule has 0 heterocycles. The first-order valence-corrected chi connectivity index (χ1v) is 6.57. The third-order valence-electron chi connectivity index (χ3n) is 3.44. The van der Waals surface area contributed by atoms with Crippen LogP contribution in [-0.4, -0.2) is 18.8 Å². The summed E-state index contributed by atoms with van der Waals surface area (Å²) in [6.45, 7) is 8.01. The summed E-state index contributed by atoms with van der Waals surface area (Å²) in [4.78, 5) is 0. The number of hydrogen-bond acceptors (Lipinski definition) is 2. The van der Waals surface area contributed by atoms with Crippen LogP contribution in [0, 0.1) is 0 Å². The van der Waals surface area contributed by atoms with E-state index in [1.807, 2.05) is 6.92 Å². The van der Waals surface area contributed by atoms with E-state index in [-0.39, 0.29) is 5.60 Å². The molecule has 1 aromatic rings. The Kier molecular flexibility index (Phi) is 3.85. The molecule has 1 unspecified atom stereocenters. The first-order valence-electron chi connectivity index (χ1n) is 6.57. The fraction of sp³-hybridized carbons (Fsp3) is 0.600. The van der Waals surface area contributed by atoms with E-state index in [0.29, 0.717) is 6.04 Å². The molecule has 0 spiro atoms. The summed E-state index contributed by atoms with van der Waals surface area (Å²) in [5, 5.41) is 3.64. The van der Waals surface area contributed by atoms with Crippen LogP contribution in [0.4, 0.5) is 0 Å². The molecule has 1 aliphatic carbocycles. The molecule has 0 radical (unpaired) electrons. The summed E-state index contributed by atoms with van der Waals surface area (Å²) in [6, 6.07) is 9.25. The minimum Gasteiger partial charge on any atom is -0.375 e. The first-order chi connectivity index (χ1) is 8.12. The van der Waals surface area contributed by atoms with Gasteiger partial charge in [0.05, 0.1) is 5.60 Å². The monoisotopic (exact) mass is 233 g/mol. The van der Waals surface area contributed by atoms with Crippen molar-refractivity contribution in [3.63, 3.8) is 0 Å². The van der Waals surface area contributed by atoms with Crippen LogP contribution < -0.4 is 5.32 Å². The molecule has 0 saturated carbocycles. The van der Waals surface area contributed by atoms with Crippen LogP contribution in [-0.2, 0) is 11.2 Å². The fourth-order valence-electron chi connectivity index (χ4n) is 2.58. The number of nitrogens with one attached hydrogen (secondary N) is 1. The number of fused-ring (bicyclic) bond motifs is 1. The second-order valence-corrected chi connectivity index (χ2v) is 5.36. The maximum absolute atomic E-state index is 5.71. The van der Waals surface area contributed by atoms with Crippen molar-refractivity contribution in [2.75, 3.05) is 13.2 Å². The van der Waals surface area contributed by atoms with Crippen molar-refractivity contribution < 1.29 is 4.74 Å². The predicted octanol–water partition coefficient (Wildman–Crippen LogP) is 3.08. The molecule has 0 amide bonds. The maximum Gasteiger partial charge on any atom is 0.0750 e. The molecule has 0 aromatic heterocycles. The molecule has 0 saturated heterocycles. The van der Waals surface area contributed by atoms with Crippen LogP contribution in [0.3, 0.4) is 0 Å². The highest BCUT2D eigenvalue weighted by Crippen LogP contribution is 2.30. The van der Waals surface area contributed by atoms with Gasteiger partial charge in [-0.2, -0.15) is 0 Å². The number of rotatable bonds is 5. The number of hydrogen-bond donors (Lipinski definition) is 1. The molecule has 1 atom stereocenters. The van der Waals surface area contributed by atoms with E-state index < -0.39 is 0 Å². The van der Waals surface area contributed by atoms with Gasteiger partial charge in [0.25, 0.3) is 0 Å². The Labute approximate surface area is 104 Å². The highest BCUT2D eigenvalue weighted by atomic mass is 16.5. The zero-order valence-corrected chi connectivity index (χ0v) is 11.1. The Morgan fingerprint density at radius 1 is 1.35 bits per heavy atom. The van der Waals surface area contributed by atoms with Crippen LogP contribution in [0.5, 0.6) is 0 Å². The molecule has 0 aliphatic heterocycles. The Balaban J connectivity index is 1.94. The largest absolute Gasteiger partial charge is 0.375 e. The summed E-state index contributed by atoms with van der Waals surface area (Å²) in [5.74, 6) is 0. The topological polar surface area (TPSA) is 21.3 Å². The molecule has 0 bridgehead atoms. The first kappa shape index (κ1) is 12.6. The van der Waals surface area contributed by atoms with E-state index in [0.717, 1.165) is 13.2 Å². The zero-order chi connectivity index (χ0) is 12.3. The number of aryl methyl sites for hydroxylation is 1. The number of benzene rings is 1. The summed E-state index contributed by atoms with van der Waals surface area (Å²) < 4.78 is 5.71. The van der Waals surface area contributed by atoms with Gasteiger partial charge in [-0.15, -0.1) is 0 Å². The summed E-state index contributed by atoms with van der Waals surface area (Å²) >= 11 is 0. The molecule has 1 N–H and O–H groups in total. The van der Waals surface area contributed by atoms with Gasteiger partial charge < -0.3 is 10.1 Å². The van der Waals surface area contributed by atoms with Crippen LogP contribution in [0.15, 0.2) is 24.3 Å². The smallest absolute Gasteiger partial charge is 0.0750 e. The van der Waals surface area contributed by atoms with Crippen molar-refractivity contribution in [3.05, 3.63) is 35.4 Å². The summed E-state index contributed by atoms with van der Waals surface area (Å²) in [6.07, 6.45) is 2.41. The minimum atomic E-state index is -0.0771. The summed E-state index contributed by atoms with van der Waals surface area (Å²) in [5.41, 5.74) is 2.89. The molecular formula is C15H23NO. The summed E-state index contributed by atoms with van der Waals surface area (Å²) in [7, 11) is 0. The highest BCUT2D eigenvalue weighted by molar-refractivity contribution is 5.34. The normalized spacial score (nSPS) is 19.4. The van der Waals surface area contributed by atoms with Crippen LogP contribution in [0.2, 0.25) is 0 Å². The van der Waals surface area contributed by atoms with E-state index in [1.54, 1.807) is 0 Å². The van der Waals surface area contributed by atoms with Crippen molar-refractivity contribution in [2.45, 2.75) is 45.3 Å². The minimum absolute atomic E-state index is 0.0771. The van der Waals surface area contributed by atoms with Gasteiger partial charge in [0.15, 0.2) is 0 Å². The lowest BCUT2D eigenvalue weighted by Gasteiger charge is -2.27. The second-order valence-electron chi connectivity index (χ2n) is 5.36. The van der Waals surface area contributed by atoms with Crippen molar-refractivity contribution in [1.29, 1.82) is 0 Å². The van der Waals surface area contributed by atoms with Gasteiger partial charge in [-0.3, -0.25) is 0 Å². The van der Waals surface area contributed by atoms with Crippen molar-refractivity contribution >= 4 is 0 Å². The highest BCUT2D eigenvalue weighted by Gasteiger charge is 2.24. The molecule has 0 fully saturated rings. The van der Waals surface area contributed by atoms with Crippen molar-refractivity contribution in [3.8, 4) is 0 Å². The lowest BCUT2D eigenvalue weighted by atomic mass is 10.1. The Bertz CT molecular complexity index is 373. The van der Waals surface area contributed by atoms with E-state index in [2.05, 4.69) is 43.4 Å². The lowest BCUT2D eigenvalue weighted by Crippen LogP contribution is -2.38. The van der Waals surface area contributed by atoms with Crippen molar-refractivity contribution in [2.24, 2.45) is 0 Å². The molecule has 2 rings (SSSR count). The fourth-order valence-corrected chi connectivity index (χ4v) is 2.58. The Morgan fingerprint density at radius 2 is 2.12 bits per heavy atom. The van der Waals surface area contributed by atoms with Gasteiger partial charge in [-0.1, -0.05) is 24.3 Å². The van der Waals surface area contributed by atoms with Gasteiger partial charge >= 0.3 is 0 Å². The third-order valence-corrected chi connectivity index (χ3v) is 3.44. The van der Waals surface area contributed by atoms with E-state index in [1.165, 1.54) is 24.0 Å². The predicted molar refractivity (Wildman–Crippen MR) is 71.2 cm³/mol. The van der Waals surface area contributed by atoms with E-state index >= 15 is 0 Å². The molecule has 2 nitrogen and oxygen atoms in total. The Hall–Kier alpha value is -0.860. The third kappa shape index (κ3) is 3.08. The van der Waals surface area contributed by atoms with Gasteiger partial charge in [0.1, 0.15) is 0 Å². The second kappa shape index (κ2) is 5.19. The molecule has 2 heteroatoms. The Morgan fingerprint density at radius 3 is 2.88 bits per heavy atom. The molecule has 17 heavy (non-hydrogen) atoms. The average molecular weight is 233 g/mol. The van der Waals surface area contributed by atoms with Crippen LogP contribution >= 0.6 is 0 Å². The van der Waals surface area contributed by atoms with E-state index in [4.69, 9.17) is 4.74 Å². The number of ether oxygens (including phenoxy) is 1. The molecular weight excluding hydrogens is 210 g/mol. The van der Waals surface area contributed by atoms with Gasteiger partial charge in [-0.05, 0) is 44.7 Å². The lowest BCUT2D eigenvalue weighted by molar-refractivity contribution is -0.0106. The zero-order valence-electron chi connectivity index (χ0n) is 11.1. The van der Waals surface area contributed by atoms with Crippen molar-refractivity contribution in [1.82, 2.24) is 5.32 Å². The molecule has 94 valence electrons. The van der Waals surface area contributed by atoms with Crippen LogP contribution in [0.1, 0.15) is 44.4 Å². The van der Waals surface area contributed by atoms with E-state index in [9.17, 15) is 0 Å². The maximum atomic E-state index is 5.71. The van der Waals surface area contributed by atoms with Gasteiger partial charge in [-0.25, -0.2) is 0 Å². The van der Waals surface area contributed by atoms with Gasteiger partial charge in [0, 0.05) is 19.2 Å². The van der Waals surface area contributed by atoms with Crippen LogP contribution in [0.25, 0.3) is 0 Å².